The molecule has 3 heterocycles. The largest absolute Gasteiger partial charge is 0.476 e. The quantitative estimate of drug-likeness (QED) is 0.615. The molecular weight excluding hydrogens is 358 g/mol. The standard InChI is InChI=1S/C12H13N5O5S2/c13-7-4-16(5-7)9-2-1-8(3-14-9)24(21,22)17(20)11-10(12(18)19)15-6-23-11/h1-3,6-7,20H,4-5,13H2,(H,18,19). The minimum absolute atomic E-state index is 0.0731. The highest BCUT2D eigenvalue weighted by Gasteiger charge is 2.30. The van der Waals surface area contributed by atoms with Crippen molar-refractivity contribution in [1.29, 1.82) is 0 Å². The van der Waals surface area contributed by atoms with Crippen molar-refractivity contribution < 1.29 is 23.5 Å². The van der Waals surface area contributed by atoms with E-state index in [9.17, 15) is 18.4 Å². The summed E-state index contributed by atoms with van der Waals surface area (Å²) in [5.41, 5.74) is 6.26. The van der Waals surface area contributed by atoms with Gasteiger partial charge in [-0.05, 0) is 12.1 Å². The number of aromatic carboxylic acids is 1. The monoisotopic (exact) mass is 371 g/mol. The van der Waals surface area contributed by atoms with Crippen LogP contribution in [0.5, 0.6) is 0 Å². The lowest BCUT2D eigenvalue weighted by Crippen LogP contribution is -2.56. The van der Waals surface area contributed by atoms with Gasteiger partial charge >= 0.3 is 5.97 Å². The van der Waals surface area contributed by atoms with Gasteiger partial charge in [-0.3, -0.25) is 5.21 Å². The summed E-state index contributed by atoms with van der Waals surface area (Å²) in [6, 6.07) is 2.85. The maximum absolute atomic E-state index is 12.4. The Bertz CT molecular complexity index is 860. The summed E-state index contributed by atoms with van der Waals surface area (Å²) in [5, 5.41) is 18.6. The van der Waals surface area contributed by atoms with E-state index in [-0.39, 0.29) is 15.4 Å². The molecule has 2 aromatic heterocycles. The van der Waals surface area contributed by atoms with Gasteiger partial charge in [0.15, 0.2) is 10.7 Å². The number of rotatable bonds is 5. The molecule has 0 saturated carbocycles. The molecule has 0 spiro atoms. The molecule has 1 fully saturated rings. The average Bonchev–Trinajstić information content (AvgIpc) is 3.01. The molecule has 2 aromatic rings. The molecule has 12 heteroatoms. The number of hydrogen-bond acceptors (Lipinski definition) is 9. The predicted octanol–water partition coefficient (Wildman–Crippen LogP) is -0.0319. The van der Waals surface area contributed by atoms with Gasteiger partial charge in [-0.25, -0.2) is 14.8 Å². The molecule has 0 unspecified atom stereocenters. The third kappa shape index (κ3) is 2.80. The molecule has 10 nitrogen and oxygen atoms in total. The Labute approximate surface area is 140 Å². The van der Waals surface area contributed by atoms with Crippen LogP contribution < -0.4 is 15.1 Å². The highest BCUT2D eigenvalue weighted by Crippen LogP contribution is 2.29. The first-order valence-corrected chi connectivity index (χ1v) is 9.00. The number of carbonyl (C=O) groups is 1. The molecule has 0 bridgehead atoms. The van der Waals surface area contributed by atoms with Crippen LogP contribution >= 0.6 is 11.3 Å². The van der Waals surface area contributed by atoms with Gasteiger partial charge in [0, 0.05) is 25.3 Å². The van der Waals surface area contributed by atoms with Crippen molar-refractivity contribution in [3.8, 4) is 0 Å². The second-order valence-corrected chi connectivity index (χ2v) is 7.68. The summed E-state index contributed by atoms with van der Waals surface area (Å²) in [6.45, 7) is 1.27. The summed E-state index contributed by atoms with van der Waals surface area (Å²) in [4.78, 5) is 20.2. The van der Waals surface area contributed by atoms with E-state index in [0.29, 0.717) is 30.2 Å². The molecular formula is C12H13N5O5S2. The number of carboxylic acid groups (broad SMARTS) is 1. The summed E-state index contributed by atoms with van der Waals surface area (Å²) in [5.74, 6) is -0.868. The molecule has 1 aliphatic heterocycles. The van der Waals surface area contributed by atoms with Gasteiger partial charge < -0.3 is 15.7 Å². The molecule has 0 atom stereocenters. The van der Waals surface area contributed by atoms with Crippen molar-refractivity contribution in [1.82, 2.24) is 9.97 Å². The molecule has 0 aliphatic carbocycles. The molecule has 3 rings (SSSR count). The fourth-order valence-electron chi connectivity index (χ4n) is 2.14. The third-order valence-electron chi connectivity index (χ3n) is 3.41. The highest BCUT2D eigenvalue weighted by atomic mass is 32.2. The minimum atomic E-state index is -4.37. The van der Waals surface area contributed by atoms with E-state index in [1.165, 1.54) is 12.1 Å². The number of nitrogens with two attached hydrogens (primary N) is 1. The van der Waals surface area contributed by atoms with Crippen molar-refractivity contribution in [3.63, 3.8) is 0 Å². The first-order valence-electron chi connectivity index (χ1n) is 6.68. The Morgan fingerprint density at radius 2 is 2.08 bits per heavy atom. The Morgan fingerprint density at radius 3 is 2.62 bits per heavy atom. The molecule has 0 radical (unpaired) electrons. The number of carboxylic acids is 1. The summed E-state index contributed by atoms with van der Waals surface area (Å²) in [6.07, 6.45) is 1.10. The van der Waals surface area contributed by atoms with Crippen LogP contribution in [0.15, 0.2) is 28.7 Å². The number of hydrogen-bond donors (Lipinski definition) is 3. The summed E-state index contributed by atoms with van der Waals surface area (Å²) >= 11 is 0.691. The van der Waals surface area contributed by atoms with Crippen molar-refractivity contribution in [2.24, 2.45) is 5.73 Å². The number of aromatic nitrogens is 2. The van der Waals surface area contributed by atoms with Gasteiger partial charge in [-0.2, -0.15) is 8.42 Å². The lowest BCUT2D eigenvalue weighted by Gasteiger charge is -2.37. The SMILES string of the molecule is NC1CN(c2ccc(S(=O)(=O)N(O)c3scnc3C(=O)O)cn2)C1. The molecule has 0 amide bonds. The van der Waals surface area contributed by atoms with E-state index in [4.69, 9.17) is 10.8 Å². The highest BCUT2D eigenvalue weighted by molar-refractivity contribution is 7.92. The lowest BCUT2D eigenvalue weighted by molar-refractivity contribution is 0.0691. The summed E-state index contributed by atoms with van der Waals surface area (Å²) < 4.78 is 24.7. The van der Waals surface area contributed by atoms with Gasteiger partial charge in [0.05, 0.1) is 5.51 Å². The minimum Gasteiger partial charge on any atom is -0.476 e. The molecule has 4 N–H and O–H groups in total. The third-order valence-corrected chi connectivity index (χ3v) is 5.80. The van der Waals surface area contributed by atoms with E-state index in [2.05, 4.69) is 9.97 Å². The second kappa shape index (κ2) is 5.98. The predicted molar refractivity (Wildman–Crippen MR) is 85.0 cm³/mol. The first-order chi connectivity index (χ1) is 11.3. The van der Waals surface area contributed by atoms with E-state index < -0.39 is 26.7 Å². The van der Waals surface area contributed by atoms with Crippen LogP contribution in [-0.4, -0.2) is 53.8 Å². The number of pyridine rings is 1. The van der Waals surface area contributed by atoms with Gasteiger partial charge in [-0.15, -0.1) is 15.8 Å². The number of anilines is 2. The number of nitrogens with zero attached hydrogens (tertiary/aromatic N) is 4. The zero-order chi connectivity index (χ0) is 17.5. The van der Waals surface area contributed by atoms with Gasteiger partial charge in [0.25, 0.3) is 10.0 Å². The maximum Gasteiger partial charge on any atom is 0.357 e. The van der Waals surface area contributed by atoms with Crippen molar-refractivity contribution >= 4 is 38.1 Å². The second-order valence-electron chi connectivity index (χ2n) is 5.08. The van der Waals surface area contributed by atoms with E-state index in [1.54, 1.807) is 0 Å². The van der Waals surface area contributed by atoms with Crippen LogP contribution in [-0.2, 0) is 10.0 Å². The molecule has 0 aromatic carbocycles. The number of thiazole rings is 1. The zero-order valence-electron chi connectivity index (χ0n) is 12.1. The topological polar surface area (TPSA) is 150 Å². The lowest BCUT2D eigenvalue weighted by atomic mass is 10.1. The van der Waals surface area contributed by atoms with Crippen LogP contribution in [0.1, 0.15) is 10.5 Å². The van der Waals surface area contributed by atoms with E-state index >= 15 is 0 Å². The first kappa shape index (κ1) is 16.6. The Balaban J connectivity index is 1.87. The molecule has 24 heavy (non-hydrogen) atoms. The van der Waals surface area contributed by atoms with Crippen LogP contribution in [0, 0.1) is 0 Å². The molecule has 1 aliphatic rings. The van der Waals surface area contributed by atoms with Crippen molar-refractivity contribution in [2.75, 3.05) is 22.5 Å². The van der Waals surface area contributed by atoms with Crippen LogP contribution in [0.4, 0.5) is 10.8 Å². The van der Waals surface area contributed by atoms with Gasteiger partial charge in [-0.1, -0.05) is 0 Å². The van der Waals surface area contributed by atoms with Gasteiger partial charge in [0.1, 0.15) is 10.7 Å². The van der Waals surface area contributed by atoms with Crippen LogP contribution in [0.3, 0.4) is 0 Å². The van der Waals surface area contributed by atoms with Crippen LogP contribution in [0.2, 0.25) is 0 Å². The Kier molecular flexibility index (Phi) is 4.13. The van der Waals surface area contributed by atoms with Crippen molar-refractivity contribution in [3.05, 3.63) is 29.5 Å². The maximum atomic E-state index is 12.4. The van der Waals surface area contributed by atoms with Gasteiger partial charge in [0.2, 0.25) is 0 Å². The van der Waals surface area contributed by atoms with Crippen molar-refractivity contribution in [2.45, 2.75) is 10.9 Å². The fraction of sp³-hybridized carbons (Fsp3) is 0.250. The fourth-order valence-corrected chi connectivity index (χ4v) is 4.10. The Hall–Kier alpha value is -2.28. The van der Waals surface area contributed by atoms with Crippen LogP contribution in [0.25, 0.3) is 0 Å². The van der Waals surface area contributed by atoms with E-state index in [0.717, 1.165) is 11.7 Å². The molecule has 128 valence electrons. The Morgan fingerprint density at radius 1 is 1.38 bits per heavy atom. The zero-order valence-corrected chi connectivity index (χ0v) is 13.7. The smallest absolute Gasteiger partial charge is 0.357 e. The normalized spacial score (nSPS) is 15.2. The summed E-state index contributed by atoms with van der Waals surface area (Å²) in [7, 11) is -4.37. The average molecular weight is 371 g/mol. The molecule has 1 saturated heterocycles. The number of sulfonamides is 1. The van der Waals surface area contributed by atoms with E-state index in [1.807, 2.05) is 4.90 Å².